The predicted octanol–water partition coefficient (Wildman–Crippen LogP) is 4.20. The fraction of sp³-hybridized carbons (Fsp3) is 0.375. The number of hydrogen-bond donors (Lipinski definition) is 1. The third-order valence-electron chi connectivity index (χ3n) is 3.68. The van der Waals surface area contributed by atoms with Gasteiger partial charge in [0, 0.05) is 17.7 Å². The van der Waals surface area contributed by atoms with Crippen molar-refractivity contribution in [1.29, 1.82) is 0 Å². The van der Waals surface area contributed by atoms with Crippen LogP contribution in [0.2, 0.25) is 0 Å². The molecular formula is C16H17F2N3. The molecule has 0 amide bonds. The first kappa shape index (κ1) is 13.9. The van der Waals surface area contributed by atoms with Crippen LogP contribution in [0.3, 0.4) is 0 Å². The minimum Gasteiger partial charge on any atom is -0.363 e. The minimum atomic E-state index is -0.437. The summed E-state index contributed by atoms with van der Waals surface area (Å²) in [5.41, 5.74) is 0.323. The maximum atomic E-state index is 13.9. The van der Waals surface area contributed by atoms with Crippen LogP contribution in [0.5, 0.6) is 0 Å². The van der Waals surface area contributed by atoms with Crippen LogP contribution < -0.4 is 5.32 Å². The van der Waals surface area contributed by atoms with Crippen LogP contribution >= 0.6 is 0 Å². The molecule has 1 unspecified atom stereocenters. The molecule has 1 aromatic heterocycles. The van der Waals surface area contributed by atoms with E-state index in [4.69, 9.17) is 0 Å². The molecule has 1 heterocycles. The van der Waals surface area contributed by atoms with E-state index in [1.807, 2.05) is 6.92 Å². The maximum absolute atomic E-state index is 13.9. The van der Waals surface area contributed by atoms with Gasteiger partial charge in [-0.1, -0.05) is 6.92 Å². The fourth-order valence-corrected chi connectivity index (χ4v) is 2.35. The Labute approximate surface area is 122 Å². The number of rotatable bonds is 5. The van der Waals surface area contributed by atoms with Gasteiger partial charge >= 0.3 is 0 Å². The highest BCUT2D eigenvalue weighted by atomic mass is 19.1. The number of benzene rings is 1. The molecule has 2 aromatic rings. The molecule has 1 fully saturated rings. The van der Waals surface area contributed by atoms with Crippen molar-refractivity contribution in [2.24, 2.45) is 0 Å². The molecule has 1 saturated carbocycles. The van der Waals surface area contributed by atoms with Crippen molar-refractivity contribution in [3.63, 3.8) is 0 Å². The first-order valence-electron chi connectivity index (χ1n) is 7.21. The molecule has 0 bridgehead atoms. The molecule has 1 aliphatic carbocycles. The van der Waals surface area contributed by atoms with Gasteiger partial charge in [0.2, 0.25) is 0 Å². The Morgan fingerprint density at radius 1 is 1.29 bits per heavy atom. The van der Waals surface area contributed by atoms with Crippen molar-refractivity contribution in [1.82, 2.24) is 9.97 Å². The molecule has 0 aliphatic heterocycles. The lowest BCUT2D eigenvalue weighted by Gasteiger charge is -2.19. The SMILES string of the molecule is CCC(Nc1ccnc(C2CC2)n1)c1cc(F)ccc1F. The van der Waals surface area contributed by atoms with Gasteiger partial charge in [-0.2, -0.15) is 0 Å². The van der Waals surface area contributed by atoms with Crippen LogP contribution in [0.1, 0.15) is 49.5 Å². The molecule has 0 saturated heterocycles. The van der Waals surface area contributed by atoms with Gasteiger partial charge in [-0.25, -0.2) is 18.7 Å². The predicted molar refractivity (Wildman–Crippen MR) is 77.0 cm³/mol. The molecule has 1 N–H and O–H groups in total. The third-order valence-corrected chi connectivity index (χ3v) is 3.68. The second kappa shape index (κ2) is 5.76. The minimum absolute atomic E-state index is 0.317. The van der Waals surface area contributed by atoms with Crippen molar-refractivity contribution in [3.05, 3.63) is 53.5 Å². The van der Waals surface area contributed by atoms with E-state index in [2.05, 4.69) is 15.3 Å². The zero-order chi connectivity index (χ0) is 14.8. The zero-order valence-electron chi connectivity index (χ0n) is 11.8. The molecule has 21 heavy (non-hydrogen) atoms. The van der Waals surface area contributed by atoms with E-state index in [0.717, 1.165) is 30.8 Å². The van der Waals surface area contributed by atoms with Gasteiger partial charge in [0.1, 0.15) is 23.3 Å². The summed E-state index contributed by atoms with van der Waals surface area (Å²) in [4.78, 5) is 8.72. The van der Waals surface area contributed by atoms with Gasteiger partial charge < -0.3 is 5.32 Å². The van der Waals surface area contributed by atoms with Crippen molar-refractivity contribution in [2.45, 2.75) is 38.1 Å². The Balaban J connectivity index is 1.83. The lowest BCUT2D eigenvalue weighted by molar-refractivity contribution is 0.566. The summed E-state index contributed by atoms with van der Waals surface area (Å²) in [6.45, 7) is 1.92. The highest BCUT2D eigenvalue weighted by Crippen LogP contribution is 2.38. The van der Waals surface area contributed by atoms with Crippen LogP contribution in [-0.4, -0.2) is 9.97 Å². The lowest BCUT2D eigenvalue weighted by Crippen LogP contribution is -2.13. The van der Waals surface area contributed by atoms with Crippen LogP contribution in [-0.2, 0) is 0 Å². The van der Waals surface area contributed by atoms with E-state index in [1.54, 1.807) is 12.3 Å². The highest BCUT2D eigenvalue weighted by Gasteiger charge is 2.26. The van der Waals surface area contributed by atoms with Crippen LogP contribution in [0.4, 0.5) is 14.6 Å². The summed E-state index contributed by atoms with van der Waals surface area (Å²) in [6.07, 6.45) is 4.58. The second-order valence-corrected chi connectivity index (χ2v) is 5.35. The summed E-state index contributed by atoms with van der Waals surface area (Å²) in [6, 6.07) is 4.96. The number of hydrogen-bond acceptors (Lipinski definition) is 3. The molecular weight excluding hydrogens is 272 g/mol. The van der Waals surface area contributed by atoms with Gasteiger partial charge in [0.05, 0.1) is 6.04 Å². The number of nitrogens with zero attached hydrogens (tertiary/aromatic N) is 2. The number of aromatic nitrogens is 2. The quantitative estimate of drug-likeness (QED) is 0.896. The summed E-state index contributed by atoms with van der Waals surface area (Å²) >= 11 is 0. The molecule has 3 rings (SSSR count). The van der Waals surface area contributed by atoms with Crippen LogP contribution in [0, 0.1) is 11.6 Å². The van der Waals surface area contributed by atoms with Crippen molar-refractivity contribution >= 4 is 5.82 Å². The first-order valence-corrected chi connectivity index (χ1v) is 7.21. The van der Waals surface area contributed by atoms with E-state index < -0.39 is 11.6 Å². The van der Waals surface area contributed by atoms with Gasteiger partial charge in [0.15, 0.2) is 0 Å². The smallest absolute Gasteiger partial charge is 0.133 e. The summed E-state index contributed by atoms with van der Waals surface area (Å²) in [7, 11) is 0. The maximum Gasteiger partial charge on any atom is 0.133 e. The molecule has 5 heteroatoms. The van der Waals surface area contributed by atoms with Crippen LogP contribution in [0.15, 0.2) is 30.5 Å². The topological polar surface area (TPSA) is 37.8 Å². The van der Waals surface area contributed by atoms with E-state index in [1.165, 1.54) is 6.07 Å². The standard InChI is InChI=1S/C16H17F2N3/c1-2-14(12-9-11(17)5-6-13(12)18)20-15-7-8-19-16(21-15)10-3-4-10/h5-10,14H,2-4H2,1H3,(H,19,20,21). The zero-order valence-corrected chi connectivity index (χ0v) is 11.8. The second-order valence-electron chi connectivity index (χ2n) is 5.35. The Bertz CT molecular complexity index is 641. The number of anilines is 1. The normalized spacial score (nSPS) is 15.8. The first-order chi connectivity index (χ1) is 10.2. The largest absolute Gasteiger partial charge is 0.363 e. The number of nitrogens with one attached hydrogen (secondary N) is 1. The molecule has 3 nitrogen and oxygen atoms in total. The Morgan fingerprint density at radius 3 is 2.81 bits per heavy atom. The van der Waals surface area contributed by atoms with E-state index in [0.29, 0.717) is 23.7 Å². The molecule has 1 aliphatic rings. The monoisotopic (exact) mass is 289 g/mol. The van der Waals surface area contributed by atoms with Crippen molar-refractivity contribution < 1.29 is 8.78 Å². The summed E-state index contributed by atoms with van der Waals surface area (Å²) < 4.78 is 27.2. The lowest BCUT2D eigenvalue weighted by atomic mass is 10.0. The summed E-state index contributed by atoms with van der Waals surface area (Å²) in [5.74, 6) is 1.09. The Hall–Kier alpha value is -2.04. The van der Waals surface area contributed by atoms with Gasteiger partial charge in [0.25, 0.3) is 0 Å². The van der Waals surface area contributed by atoms with Crippen molar-refractivity contribution in [3.8, 4) is 0 Å². The molecule has 0 spiro atoms. The Kier molecular flexibility index (Phi) is 3.82. The van der Waals surface area contributed by atoms with Crippen LogP contribution in [0.25, 0.3) is 0 Å². The van der Waals surface area contributed by atoms with Gasteiger partial charge in [-0.05, 0) is 43.5 Å². The molecule has 0 radical (unpaired) electrons. The Morgan fingerprint density at radius 2 is 2.10 bits per heavy atom. The fourth-order valence-electron chi connectivity index (χ4n) is 2.35. The third kappa shape index (κ3) is 3.17. The number of halogens is 2. The van der Waals surface area contributed by atoms with Gasteiger partial charge in [-0.15, -0.1) is 0 Å². The van der Waals surface area contributed by atoms with E-state index >= 15 is 0 Å². The van der Waals surface area contributed by atoms with Crippen molar-refractivity contribution in [2.75, 3.05) is 5.32 Å². The molecule has 1 aromatic carbocycles. The average Bonchev–Trinajstić information content (AvgIpc) is 3.32. The average molecular weight is 289 g/mol. The molecule has 110 valence electrons. The molecule has 1 atom stereocenters. The highest BCUT2D eigenvalue weighted by molar-refractivity contribution is 5.38. The van der Waals surface area contributed by atoms with E-state index in [-0.39, 0.29) is 6.04 Å². The summed E-state index contributed by atoms with van der Waals surface area (Å²) in [5, 5.41) is 3.18. The van der Waals surface area contributed by atoms with Gasteiger partial charge in [-0.3, -0.25) is 0 Å². The van der Waals surface area contributed by atoms with E-state index in [9.17, 15) is 8.78 Å².